The summed E-state index contributed by atoms with van der Waals surface area (Å²) >= 11 is 0. The van der Waals surface area contributed by atoms with Gasteiger partial charge >= 0.3 is 0 Å². The average molecular weight is 275 g/mol. The topological polar surface area (TPSA) is 119 Å². The molecule has 0 heterocycles. The van der Waals surface area contributed by atoms with Gasteiger partial charge in [-0.25, -0.2) is 0 Å². The lowest BCUT2D eigenvalue weighted by Gasteiger charge is -2.12. The zero-order valence-corrected chi connectivity index (χ0v) is 11.2. The van der Waals surface area contributed by atoms with E-state index in [2.05, 4.69) is 16.3 Å². The van der Waals surface area contributed by atoms with Crippen molar-refractivity contribution in [2.24, 2.45) is 21.7 Å². The molecule has 0 spiro atoms. The molecule has 7 nitrogen and oxygen atoms in total. The van der Waals surface area contributed by atoms with E-state index in [0.717, 1.165) is 0 Å². The standard InChI is InChI=1S/C13H17N5O2/c1-19-11-6-4-5-10(9-17-18-13(15)16)12(11)20-8-3-2-7-14/h4-6,9H,2-3,8H2,1H3,(H4,15,16,18). The van der Waals surface area contributed by atoms with Crippen LogP contribution in [0.25, 0.3) is 0 Å². The van der Waals surface area contributed by atoms with Crippen molar-refractivity contribution in [3.63, 3.8) is 0 Å². The van der Waals surface area contributed by atoms with E-state index in [0.29, 0.717) is 36.5 Å². The summed E-state index contributed by atoms with van der Waals surface area (Å²) in [6.07, 6.45) is 2.55. The lowest BCUT2D eigenvalue weighted by atomic mass is 10.2. The van der Waals surface area contributed by atoms with Gasteiger partial charge in [0, 0.05) is 12.0 Å². The van der Waals surface area contributed by atoms with Crippen LogP contribution in [0.15, 0.2) is 28.4 Å². The highest BCUT2D eigenvalue weighted by Crippen LogP contribution is 2.30. The Labute approximate surface area is 117 Å². The summed E-state index contributed by atoms with van der Waals surface area (Å²) in [7, 11) is 1.55. The van der Waals surface area contributed by atoms with Gasteiger partial charge in [-0.2, -0.15) is 10.4 Å². The van der Waals surface area contributed by atoms with Crippen LogP contribution in [0.2, 0.25) is 0 Å². The minimum atomic E-state index is -0.124. The highest BCUT2D eigenvalue weighted by atomic mass is 16.5. The fourth-order valence-electron chi connectivity index (χ4n) is 1.43. The molecule has 0 amide bonds. The van der Waals surface area contributed by atoms with Crippen molar-refractivity contribution in [1.29, 1.82) is 5.26 Å². The average Bonchev–Trinajstić information content (AvgIpc) is 2.44. The van der Waals surface area contributed by atoms with Crippen molar-refractivity contribution in [2.75, 3.05) is 13.7 Å². The molecule has 1 aromatic carbocycles. The van der Waals surface area contributed by atoms with Gasteiger partial charge < -0.3 is 20.9 Å². The predicted octanol–water partition coefficient (Wildman–Crippen LogP) is 0.985. The third kappa shape index (κ3) is 4.86. The van der Waals surface area contributed by atoms with Crippen molar-refractivity contribution >= 4 is 12.2 Å². The molecule has 20 heavy (non-hydrogen) atoms. The maximum absolute atomic E-state index is 8.50. The normalized spacial score (nSPS) is 10.0. The number of nitrogens with two attached hydrogens (primary N) is 2. The Balaban J connectivity index is 2.90. The van der Waals surface area contributed by atoms with Crippen LogP contribution >= 0.6 is 0 Å². The first-order valence-corrected chi connectivity index (χ1v) is 5.97. The van der Waals surface area contributed by atoms with E-state index >= 15 is 0 Å². The summed E-state index contributed by atoms with van der Waals surface area (Å²) in [5.74, 6) is 0.999. The number of para-hydroxylation sites is 1. The van der Waals surface area contributed by atoms with E-state index in [1.54, 1.807) is 25.3 Å². The van der Waals surface area contributed by atoms with Crippen molar-refractivity contribution in [1.82, 2.24) is 0 Å². The minimum absolute atomic E-state index is 0.124. The molecule has 7 heteroatoms. The van der Waals surface area contributed by atoms with Gasteiger partial charge in [0.1, 0.15) is 0 Å². The Morgan fingerprint density at radius 1 is 1.45 bits per heavy atom. The molecule has 106 valence electrons. The largest absolute Gasteiger partial charge is 0.493 e. The maximum Gasteiger partial charge on any atom is 0.211 e. The number of benzene rings is 1. The molecule has 0 atom stereocenters. The summed E-state index contributed by atoms with van der Waals surface area (Å²) in [6, 6.07) is 7.44. The van der Waals surface area contributed by atoms with Crippen LogP contribution in [-0.4, -0.2) is 25.9 Å². The van der Waals surface area contributed by atoms with Gasteiger partial charge in [-0.05, 0) is 18.6 Å². The minimum Gasteiger partial charge on any atom is -0.493 e. The van der Waals surface area contributed by atoms with Crippen LogP contribution < -0.4 is 20.9 Å². The van der Waals surface area contributed by atoms with E-state index in [4.69, 9.17) is 26.2 Å². The molecular formula is C13H17N5O2. The molecule has 0 saturated heterocycles. The van der Waals surface area contributed by atoms with E-state index in [1.165, 1.54) is 6.21 Å². The molecule has 1 rings (SSSR count). The Kier molecular flexibility index (Phi) is 6.41. The zero-order valence-electron chi connectivity index (χ0n) is 11.2. The van der Waals surface area contributed by atoms with Crippen molar-refractivity contribution in [3.8, 4) is 17.6 Å². The van der Waals surface area contributed by atoms with Crippen molar-refractivity contribution in [2.45, 2.75) is 12.8 Å². The van der Waals surface area contributed by atoms with Gasteiger partial charge in [0.05, 0.1) is 26.0 Å². The summed E-state index contributed by atoms with van der Waals surface area (Å²) in [5, 5.41) is 15.8. The fourth-order valence-corrected chi connectivity index (χ4v) is 1.43. The number of hydrogen-bond donors (Lipinski definition) is 2. The fraction of sp³-hybridized carbons (Fsp3) is 0.308. The molecule has 0 aliphatic carbocycles. The lowest BCUT2D eigenvalue weighted by molar-refractivity contribution is 0.290. The highest BCUT2D eigenvalue weighted by molar-refractivity contribution is 5.86. The van der Waals surface area contributed by atoms with Gasteiger partial charge in [0.15, 0.2) is 11.5 Å². The van der Waals surface area contributed by atoms with Crippen molar-refractivity contribution in [3.05, 3.63) is 23.8 Å². The first kappa shape index (κ1) is 15.3. The Morgan fingerprint density at radius 2 is 2.25 bits per heavy atom. The molecule has 0 fully saturated rings. The number of nitrogens with zero attached hydrogens (tertiary/aromatic N) is 3. The number of ether oxygens (including phenoxy) is 2. The highest BCUT2D eigenvalue weighted by Gasteiger charge is 2.08. The summed E-state index contributed by atoms with van der Waals surface area (Å²) < 4.78 is 10.9. The summed E-state index contributed by atoms with van der Waals surface area (Å²) in [6.45, 7) is 0.414. The summed E-state index contributed by atoms with van der Waals surface area (Å²) in [4.78, 5) is 0. The molecule has 0 aliphatic heterocycles. The number of unbranched alkanes of at least 4 members (excludes halogenated alkanes) is 1. The second-order valence-corrected chi connectivity index (χ2v) is 3.76. The Morgan fingerprint density at radius 3 is 2.90 bits per heavy atom. The number of methoxy groups -OCH3 is 1. The Bertz CT molecular complexity index is 530. The second-order valence-electron chi connectivity index (χ2n) is 3.76. The van der Waals surface area contributed by atoms with Gasteiger partial charge in [0.2, 0.25) is 5.96 Å². The van der Waals surface area contributed by atoms with Gasteiger partial charge in [0.25, 0.3) is 0 Å². The number of nitriles is 1. The first-order valence-electron chi connectivity index (χ1n) is 5.97. The number of rotatable bonds is 7. The molecule has 0 saturated carbocycles. The van der Waals surface area contributed by atoms with Crippen LogP contribution in [0.3, 0.4) is 0 Å². The monoisotopic (exact) mass is 275 g/mol. The van der Waals surface area contributed by atoms with Gasteiger partial charge in [-0.15, -0.1) is 5.10 Å². The number of guanidine groups is 1. The summed E-state index contributed by atoms with van der Waals surface area (Å²) in [5.41, 5.74) is 11.1. The number of hydrogen-bond acceptors (Lipinski definition) is 5. The molecule has 0 unspecified atom stereocenters. The third-order valence-corrected chi connectivity index (χ3v) is 2.28. The smallest absolute Gasteiger partial charge is 0.211 e. The SMILES string of the molecule is COc1cccc(C=NN=C(N)N)c1OCCCC#N. The molecule has 0 aromatic heterocycles. The maximum atomic E-state index is 8.50. The van der Waals surface area contributed by atoms with Gasteiger partial charge in [-0.3, -0.25) is 0 Å². The molecule has 4 N–H and O–H groups in total. The van der Waals surface area contributed by atoms with E-state index < -0.39 is 0 Å². The van der Waals surface area contributed by atoms with Crippen molar-refractivity contribution < 1.29 is 9.47 Å². The quantitative estimate of drug-likeness (QED) is 0.333. The molecule has 0 aliphatic rings. The Hall–Kier alpha value is -2.75. The molecule has 0 bridgehead atoms. The first-order chi connectivity index (χ1) is 9.69. The van der Waals surface area contributed by atoms with E-state index in [-0.39, 0.29) is 5.96 Å². The van der Waals surface area contributed by atoms with Gasteiger partial charge in [-0.1, -0.05) is 6.07 Å². The zero-order chi connectivity index (χ0) is 14.8. The predicted molar refractivity (Wildman–Crippen MR) is 76.7 cm³/mol. The molecular weight excluding hydrogens is 258 g/mol. The van der Waals surface area contributed by atoms with Crippen LogP contribution in [0.1, 0.15) is 18.4 Å². The molecule has 0 radical (unpaired) electrons. The second kappa shape index (κ2) is 8.37. The van der Waals surface area contributed by atoms with Crippen LogP contribution in [0, 0.1) is 11.3 Å². The van der Waals surface area contributed by atoms with E-state index in [9.17, 15) is 0 Å². The van der Waals surface area contributed by atoms with Crippen LogP contribution in [0.5, 0.6) is 11.5 Å². The lowest BCUT2D eigenvalue weighted by Crippen LogP contribution is -2.21. The van der Waals surface area contributed by atoms with Crippen LogP contribution in [-0.2, 0) is 0 Å². The van der Waals surface area contributed by atoms with E-state index in [1.807, 2.05) is 0 Å². The third-order valence-electron chi connectivity index (χ3n) is 2.28. The van der Waals surface area contributed by atoms with Crippen LogP contribution in [0.4, 0.5) is 0 Å². The molecule has 1 aromatic rings.